The summed E-state index contributed by atoms with van der Waals surface area (Å²) >= 11 is 11.3. The summed E-state index contributed by atoms with van der Waals surface area (Å²) in [5, 5.41) is 0. The van der Waals surface area contributed by atoms with Crippen molar-refractivity contribution in [3.8, 4) is 0 Å². The quantitative estimate of drug-likeness (QED) is 0.423. The second-order valence-electron chi connectivity index (χ2n) is 7.04. The van der Waals surface area contributed by atoms with Gasteiger partial charge in [0.05, 0.1) is 17.2 Å². The number of ether oxygens (including phenoxy) is 1. The van der Waals surface area contributed by atoms with E-state index in [0.29, 0.717) is 19.2 Å². The first-order valence-electron chi connectivity index (χ1n) is 8.66. The highest BCUT2D eigenvalue weighted by atomic mass is 35.5. The van der Waals surface area contributed by atoms with Gasteiger partial charge < -0.3 is 9.64 Å². The maximum absolute atomic E-state index is 14.3. The summed E-state index contributed by atoms with van der Waals surface area (Å²) in [4.78, 5) is 14.0. The van der Waals surface area contributed by atoms with E-state index in [1.165, 1.54) is 0 Å². The van der Waals surface area contributed by atoms with Gasteiger partial charge >= 0.3 is 5.97 Å². The zero-order valence-corrected chi connectivity index (χ0v) is 17.1. The average Bonchev–Trinajstić information content (AvgIpc) is 3.11. The molecule has 2 atom stereocenters. The zero-order chi connectivity index (χ0) is 20.5. The molecule has 0 saturated heterocycles. The molecule has 1 aliphatic carbocycles. The minimum atomic E-state index is -1.32. The minimum absolute atomic E-state index is 0.0467. The Morgan fingerprint density at radius 1 is 1.22 bits per heavy atom. The van der Waals surface area contributed by atoms with Crippen LogP contribution in [0.5, 0.6) is 0 Å². The number of allylic oxidation sites excluding steroid dienone is 1. The Morgan fingerprint density at radius 2 is 1.81 bits per heavy atom. The van der Waals surface area contributed by atoms with Crippen LogP contribution in [0.25, 0.3) is 0 Å². The highest BCUT2D eigenvalue weighted by Gasteiger charge is 2.61. The van der Waals surface area contributed by atoms with Crippen molar-refractivity contribution in [2.75, 3.05) is 18.0 Å². The number of nitrogens with zero attached hydrogens (tertiary/aromatic N) is 1. The van der Waals surface area contributed by atoms with Gasteiger partial charge in [-0.15, -0.1) is 0 Å². The molecule has 150 valence electrons. The monoisotopic (exact) mass is 423 g/mol. The number of esters is 1. The molecule has 0 amide bonds. The van der Waals surface area contributed by atoms with E-state index >= 15 is 0 Å². The van der Waals surface area contributed by atoms with Crippen LogP contribution < -0.4 is 4.90 Å². The fourth-order valence-corrected chi connectivity index (χ4v) is 3.73. The third-order valence-electron chi connectivity index (χ3n) is 5.15. The molecule has 1 saturated carbocycles. The predicted molar refractivity (Wildman–Crippen MR) is 100 cm³/mol. The standard InChI is InChI=1S/C19H22Cl2F3NO2/c1-5-25(6-2)17-10(16(24)12(22)8-13(17)23)9-27-18(26)15-11(7-14(20)21)19(15,3)4/h7-8,11,15H,5-6,9H2,1-4H3/t11-,15+/m1/s1. The number of carbonyl (C=O) groups is 1. The molecular weight excluding hydrogens is 402 g/mol. The Kier molecular flexibility index (Phi) is 6.74. The summed E-state index contributed by atoms with van der Waals surface area (Å²) in [5.41, 5.74) is -0.827. The Labute approximate surface area is 167 Å². The molecule has 0 spiro atoms. The molecule has 1 aliphatic rings. The predicted octanol–water partition coefficient (Wildman–Crippen LogP) is 5.58. The van der Waals surface area contributed by atoms with Crippen LogP contribution in [-0.2, 0) is 16.1 Å². The van der Waals surface area contributed by atoms with Gasteiger partial charge in [-0.25, -0.2) is 13.2 Å². The van der Waals surface area contributed by atoms with Crippen molar-refractivity contribution in [1.29, 1.82) is 0 Å². The third-order valence-corrected chi connectivity index (χ3v) is 5.40. The van der Waals surface area contributed by atoms with Crippen LogP contribution in [0.15, 0.2) is 16.6 Å². The highest BCUT2D eigenvalue weighted by molar-refractivity contribution is 6.55. The Hall–Kier alpha value is -1.40. The average molecular weight is 424 g/mol. The molecular formula is C19H22Cl2F3NO2. The van der Waals surface area contributed by atoms with Gasteiger partial charge in [0.25, 0.3) is 0 Å². The molecule has 0 bridgehead atoms. The minimum Gasteiger partial charge on any atom is -0.460 e. The van der Waals surface area contributed by atoms with Crippen molar-refractivity contribution in [3.05, 3.63) is 39.6 Å². The summed E-state index contributed by atoms with van der Waals surface area (Å²) in [6.07, 6.45) is 1.55. The number of anilines is 1. The molecule has 2 rings (SSSR count). The van der Waals surface area contributed by atoms with E-state index in [1.54, 1.807) is 24.8 Å². The second kappa shape index (κ2) is 8.31. The SMILES string of the molecule is CCN(CC)c1c(F)cc(F)c(F)c1COC(=O)[C@@H]1[C@@H](C=C(Cl)Cl)C1(C)C. The molecule has 1 fully saturated rings. The van der Waals surface area contributed by atoms with E-state index in [-0.39, 0.29) is 21.7 Å². The van der Waals surface area contributed by atoms with Gasteiger partial charge in [-0.05, 0) is 31.3 Å². The van der Waals surface area contributed by atoms with E-state index in [0.717, 1.165) is 0 Å². The lowest BCUT2D eigenvalue weighted by Gasteiger charge is -2.25. The Morgan fingerprint density at radius 3 is 2.33 bits per heavy atom. The number of benzene rings is 1. The number of hydrogen-bond acceptors (Lipinski definition) is 3. The normalized spacial score (nSPS) is 20.2. The van der Waals surface area contributed by atoms with E-state index in [1.807, 2.05) is 13.8 Å². The van der Waals surface area contributed by atoms with E-state index in [2.05, 4.69) is 0 Å². The van der Waals surface area contributed by atoms with Crippen molar-refractivity contribution < 1.29 is 22.7 Å². The summed E-state index contributed by atoms with van der Waals surface area (Å²) in [5.74, 6) is -4.76. The summed E-state index contributed by atoms with van der Waals surface area (Å²) in [6, 6.07) is 0.502. The van der Waals surface area contributed by atoms with Gasteiger partial charge in [0.2, 0.25) is 0 Å². The second-order valence-corrected chi connectivity index (χ2v) is 8.05. The fourth-order valence-electron chi connectivity index (χ4n) is 3.46. The van der Waals surface area contributed by atoms with Crippen LogP contribution in [0, 0.1) is 34.7 Å². The van der Waals surface area contributed by atoms with Crippen LogP contribution in [0.2, 0.25) is 0 Å². The van der Waals surface area contributed by atoms with Crippen LogP contribution in [-0.4, -0.2) is 19.1 Å². The molecule has 0 aliphatic heterocycles. The molecule has 3 nitrogen and oxygen atoms in total. The lowest BCUT2D eigenvalue weighted by molar-refractivity contribution is -0.147. The number of carbonyl (C=O) groups excluding carboxylic acids is 1. The zero-order valence-electron chi connectivity index (χ0n) is 15.6. The van der Waals surface area contributed by atoms with E-state index < -0.39 is 41.4 Å². The molecule has 0 N–H and O–H groups in total. The molecule has 0 radical (unpaired) electrons. The third kappa shape index (κ3) is 4.37. The maximum atomic E-state index is 14.3. The summed E-state index contributed by atoms with van der Waals surface area (Å²) < 4.78 is 47.6. The highest BCUT2D eigenvalue weighted by Crippen LogP contribution is 2.60. The number of hydrogen-bond donors (Lipinski definition) is 0. The van der Waals surface area contributed by atoms with E-state index in [9.17, 15) is 18.0 Å². The Balaban J connectivity index is 2.25. The maximum Gasteiger partial charge on any atom is 0.310 e. The lowest BCUT2D eigenvalue weighted by Crippen LogP contribution is -2.26. The molecule has 8 heteroatoms. The van der Waals surface area contributed by atoms with Crippen molar-refractivity contribution >= 4 is 34.9 Å². The van der Waals surface area contributed by atoms with Crippen LogP contribution >= 0.6 is 23.2 Å². The van der Waals surface area contributed by atoms with Gasteiger partial charge in [-0.3, -0.25) is 4.79 Å². The lowest BCUT2D eigenvalue weighted by atomic mass is 10.1. The topological polar surface area (TPSA) is 29.5 Å². The van der Waals surface area contributed by atoms with Crippen molar-refractivity contribution in [2.45, 2.75) is 34.3 Å². The van der Waals surface area contributed by atoms with Crippen LogP contribution in [0.4, 0.5) is 18.9 Å². The van der Waals surface area contributed by atoms with Crippen LogP contribution in [0.3, 0.4) is 0 Å². The van der Waals surface area contributed by atoms with Gasteiger partial charge in [-0.1, -0.05) is 37.0 Å². The van der Waals surface area contributed by atoms with Crippen molar-refractivity contribution in [2.24, 2.45) is 17.3 Å². The molecule has 27 heavy (non-hydrogen) atoms. The molecule has 0 aromatic heterocycles. The molecule has 0 heterocycles. The largest absolute Gasteiger partial charge is 0.460 e. The van der Waals surface area contributed by atoms with E-state index in [4.69, 9.17) is 27.9 Å². The summed E-state index contributed by atoms with van der Waals surface area (Å²) in [7, 11) is 0. The summed E-state index contributed by atoms with van der Waals surface area (Å²) in [6.45, 7) is 7.43. The molecule has 1 aromatic rings. The molecule has 1 aromatic carbocycles. The fraction of sp³-hybridized carbons (Fsp3) is 0.526. The number of halogens is 5. The number of rotatable bonds is 7. The van der Waals surface area contributed by atoms with Gasteiger partial charge in [0.15, 0.2) is 11.6 Å². The van der Waals surface area contributed by atoms with Crippen molar-refractivity contribution in [3.63, 3.8) is 0 Å². The molecule has 0 unspecified atom stereocenters. The van der Waals surface area contributed by atoms with Crippen LogP contribution in [0.1, 0.15) is 33.3 Å². The van der Waals surface area contributed by atoms with Gasteiger partial charge in [-0.2, -0.15) is 0 Å². The Bertz CT molecular complexity index is 760. The first-order valence-corrected chi connectivity index (χ1v) is 9.42. The van der Waals surface area contributed by atoms with Gasteiger partial charge in [0, 0.05) is 19.2 Å². The van der Waals surface area contributed by atoms with Crippen molar-refractivity contribution in [1.82, 2.24) is 0 Å². The smallest absolute Gasteiger partial charge is 0.310 e. The van der Waals surface area contributed by atoms with Gasteiger partial charge in [0.1, 0.15) is 16.9 Å². The first kappa shape index (κ1) is 21.9. The first-order chi connectivity index (χ1) is 12.6.